The molecule has 0 N–H and O–H groups in total. The fraction of sp³-hybridized carbons (Fsp3) is 0.652. The maximum Gasteiger partial charge on any atom is 0.201 e. The first-order valence-electron chi connectivity index (χ1n) is 10.5. The summed E-state index contributed by atoms with van der Waals surface area (Å²) in [6.07, 6.45) is 12.1. The third-order valence-corrected chi connectivity index (χ3v) is 5.99. The number of allylic oxidation sites excluding steroid dienone is 1. The fourth-order valence-corrected chi connectivity index (χ4v) is 4.35. The largest absolute Gasteiger partial charge is 0.487 e. The van der Waals surface area contributed by atoms with Crippen LogP contribution in [0.2, 0.25) is 0 Å². The molecule has 27 heavy (non-hydrogen) atoms. The van der Waals surface area contributed by atoms with Gasteiger partial charge in [0.15, 0.2) is 11.6 Å². The van der Waals surface area contributed by atoms with Crippen molar-refractivity contribution in [2.45, 2.75) is 89.9 Å². The molecule has 1 aliphatic heterocycles. The predicted octanol–water partition coefficient (Wildman–Crippen LogP) is 6.50. The fourth-order valence-electron chi connectivity index (χ4n) is 4.35. The smallest absolute Gasteiger partial charge is 0.201 e. The normalized spacial score (nSPS) is 24.9. The van der Waals surface area contributed by atoms with Crippen LogP contribution in [0.3, 0.4) is 0 Å². The highest BCUT2D eigenvalue weighted by molar-refractivity contribution is 5.41. The molecule has 3 rings (SSSR count). The zero-order chi connectivity index (χ0) is 19.2. The van der Waals surface area contributed by atoms with Crippen molar-refractivity contribution in [2.24, 2.45) is 5.92 Å². The van der Waals surface area contributed by atoms with Crippen LogP contribution in [-0.4, -0.2) is 12.2 Å². The Morgan fingerprint density at radius 3 is 2.63 bits per heavy atom. The van der Waals surface area contributed by atoms with Crippen molar-refractivity contribution in [3.63, 3.8) is 0 Å². The van der Waals surface area contributed by atoms with E-state index in [0.717, 1.165) is 69.3 Å². The van der Waals surface area contributed by atoms with E-state index in [0.29, 0.717) is 5.56 Å². The second-order valence-corrected chi connectivity index (χ2v) is 8.04. The number of aryl methyl sites for hydroxylation is 1. The summed E-state index contributed by atoms with van der Waals surface area (Å²) in [4.78, 5) is 0. The lowest BCUT2D eigenvalue weighted by atomic mass is 9.84. The number of halogens is 2. The van der Waals surface area contributed by atoms with Crippen LogP contribution in [0.15, 0.2) is 18.7 Å². The minimum Gasteiger partial charge on any atom is -0.487 e. The van der Waals surface area contributed by atoms with Crippen LogP contribution in [-0.2, 0) is 17.8 Å². The Kier molecular flexibility index (Phi) is 7.28. The van der Waals surface area contributed by atoms with Crippen LogP contribution in [0.1, 0.15) is 75.8 Å². The standard InChI is InChI=1S/C23H32F2O2/c1-3-5-7-16-8-11-19(12-9-16)26-15-18-14-17-10-13-20(6-4-2)27-23(17)22(25)21(18)24/h3,14,16,19-20H,1,4-13,15H2,2H3. The minimum atomic E-state index is -0.847. The summed E-state index contributed by atoms with van der Waals surface area (Å²) in [6.45, 7) is 5.99. The average molecular weight is 379 g/mol. The first-order chi connectivity index (χ1) is 13.1. The summed E-state index contributed by atoms with van der Waals surface area (Å²) >= 11 is 0. The number of hydrogen-bond acceptors (Lipinski definition) is 2. The van der Waals surface area contributed by atoms with E-state index < -0.39 is 11.6 Å². The van der Waals surface area contributed by atoms with Crippen LogP contribution in [0.5, 0.6) is 5.75 Å². The summed E-state index contributed by atoms with van der Waals surface area (Å²) in [5.41, 5.74) is 1.09. The van der Waals surface area contributed by atoms with Gasteiger partial charge < -0.3 is 9.47 Å². The molecule has 1 aromatic carbocycles. The Labute approximate surface area is 161 Å². The Morgan fingerprint density at radius 2 is 1.93 bits per heavy atom. The summed E-state index contributed by atoms with van der Waals surface area (Å²) in [5.74, 6) is -0.803. The molecule has 2 aliphatic rings. The molecule has 150 valence electrons. The Bertz CT molecular complexity index is 636. The van der Waals surface area contributed by atoms with Crippen molar-refractivity contribution in [2.75, 3.05) is 0 Å². The molecule has 1 saturated carbocycles. The molecule has 0 bridgehead atoms. The van der Waals surface area contributed by atoms with Gasteiger partial charge in [0.2, 0.25) is 5.82 Å². The molecule has 1 fully saturated rings. The van der Waals surface area contributed by atoms with Crippen molar-refractivity contribution in [1.29, 1.82) is 0 Å². The highest BCUT2D eigenvalue weighted by Crippen LogP contribution is 2.36. The maximum atomic E-state index is 14.5. The van der Waals surface area contributed by atoms with E-state index in [2.05, 4.69) is 13.5 Å². The summed E-state index contributed by atoms with van der Waals surface area (Å²) in [5, 5.41) is 0. The lowest BCUT2D eigenvalue weighted by molar-refractivity contribution is 0.00495. The van der Waals surface area contributed by atoms with Crippen molar-refractivity contribution in [3.8, 4) is 5.75 Å². The van der Waals surface area contributed by atoms with Crippen molar-refractivity contribution in [3.05, 3.63) is 41.5 Å². The molecule has 0 radical (unpaired) electrons. The third kappa shape index (κ3) is 5.10. The zero-order valence-corrected chi connectivity index (χ0v) is 16.4. The summed E-state index contributed by atoms with van der Waals surface area (Å²) in [7, 11) is 0. The van der Waals surface area contributed by atoms with Gasteiger partial charge in [-0.1, -0.05) is 19.4 Å². The molecule has 1 heterocycles. The first kappa shape index (κ1) is 20.3. The van der Waals surface area contributed by atoms with Crippen LogP contribution in [0.4, 0.5) is 8.78 Å². The van der Waals surface area contributed by atoms with E-state index in [1.807, 2.05) is 6.08 Å². The van der Waals surface area contributed by atoms with Gasteiger partial charge in [-0.3, -0.25) is 0 Å². The highest BCUT2D eigenvalue weighted by Gasteiger charge is 2.27. The van der Waals surface area contributed by atoms with E-state index in [4.69, 9.17) is 9.47 Å². The molecule has 0 spiro atoms. The second kappa shape index (κ2) is 9.68. The zero-order valence-electron chi connectivity index (χ0n) is 16.4. The SMILES string of the molecule is C=CCCC1CCC(OCc2cc3c(c(F)c2F)OC(CCC)CC3)CC1. The van der Waals surface area contributed by atoms with Crippen LogP contribution in [0, 0.1) is 17.6 Å². The average Bonchev–Trinajstić information content (AvgIpc) is 2.69. The van der Waals surface area contributed by atoms with E-state index in [1.54, 1.807) is 6.07 Å². The molecule has 1 aromatic rings. The van der Waals surface area contributed by atoms with Crippen LogP contribution in [0.25, 0.3) is 0 Å². The topological polar surface area (TPSA) is 18.5 Å². The van der Waals surface area contributed by atoms with E-state index >= 15 is 0 Å². The predicted molar refractivity (Wildman–Crippen MR) is 104 cm³/mol. The van der Waals surface area contributed by atoms with Gasteiger partial charge in [0.25, 0.3) is 0 Å². The number of benzene rings is 1. The van der Waals surface area contributed by atoms with Gasteiger partial charge in [-0.25, -0.2) is 4.39 Å². The molecule has 1 aliphatic carbocycles. The number of ether oxygens (including phenoxy) is 2. The van der Waals surface area contributed by atoms with Crippen molar-refractivity contribution in [1.82, 2.24) is 0 Å². The Balaban J connectivity index is 1.57. The van der Waals surface area contributed by atoms with Crippen LogP contribution >= 0.6 is 0 Å². The molecule has 1 unspecified atom stereocenters. The van der Waals surface area contributed by atoms with Gasteiger partial charge in [-0.05, 0) is 75.3 Å². The van der Waals surface area contributed by atoms with Crippen LogP contribution < -0.4 is 4.74 Å². The molecule has 0 amide bonds. The van der Waals surface area contributed by atoms with Gasteiger partial charge in [-0.15, -0.1) is 6.58 Å². The summed E-state index contributed by atoms with van der Waals surface area (Å²) < 4.78 is 40.7. The quantitative estimate of drug-likeness (QED) is 0.481. The van der Waals surface area contributed by atoms with Crippen molar-refractivity contribution >= 4 is 0 Å². The lowest BCUT2D eigenvalue weighted by Crippen LogP contribution is -2.24. The Hall–Kier alpha value is -1.42. The van der Waals surface area contributed by atoms with Gasteiger partial charge in [0.1, 0.15) is 0 Å². The maximum absolute atomic E-state index is 14.5. The molecular weight excluding hydrogens is 346 g/mol. The molecular formula is C23H32F2O2. The van der Waals surface area contributed by atoms with Gasteiger partial charge in [-0.2, -0.15) is 4.39 Å². The number of fused-ring (bicyclic) bond motifs is 1. The lowest BCUT2D eigenvalue weighted by Gasteiger charge is -2.29. The number of hydrogen-bond donors (Lipinski definition) is 0. The highest BCUT2D eigenvalue weighted by atomic mass is 19.2. The van der Waals surface area contributed by atoms with E-state index in [-0.39, 0.29) is 24.6 Å². The summed E-state index contributed by atoms with van der Waals surface area (Å²) in [6, 6.07) is 1.74. The first-order valence-corrected chi connectivity index (χ1v) is 10.5. The molecule has 2 nitrogen and oxygen atoms in total. The molecule has 4 heteroatoms. The monoisotopic (exact) mass is 378 g/mol. The van der Waals surface area contributed by atoms with Gasteiger partial charge >= 0.3 is 0 Å². The Morgan fingerprint density at radius 1 is 1.15 bits per heavy atom. The van der Waals surface area contributed by atoms with E-state index in [9.17, 15) is 8.78 Å². The third-order valence-electron chi connectivity index (χ3n) is 5.99. The minimum absolute atomic E-state index is 0.00484. The molecule has 0 saturated heterocycles. The van der Waals surface area contributed by atoms with E-state index in [1.165, 1.54) is 6.42 Å². The van der Waals surface area contributed by atoms with Gasteiger partial charge in [0.05, 0.1) is 18.8 Å². The molecule has 1 atom stereocenters. The van der Waals surface area contributed by atoms with Gasteiger partial charge in [0, 0.05) is 5.56 Å². The van der Waals surface area contributed by atoms with Crippen molar-refractivity contribution < 1.29 is 18.3 Å². The number of rotatable bonds is 8. The second-order valence-electron chi connectivity index (χ2n) is 8.04. The molecule has 0 aromatic heterocycles.